The maximum absolute atomic E-state index is 12.8. The van der Waals surface area contributed by atoms with E-state index in [1.54, 1.807) is 0 Å². The molecule has 1 aliphatic heterocycles. The SMILES string of the molecule is CC/C=C\C/C=C\C/C=C\C/C=C\C/C=C\CCCC(=O)OC(COCCCCCCCCCCCCCC)COC1OC(CO)C(O)C(OS(=O)(=O)O)C1O. The Bertz CT molecular complexity index is 1220. The Labute approximate surface area is 338 Å². The molecule has 12 nitrogen and oxygen atoms in total. The lowest BCUT2D eigenvalue weighted by Crippen LogP contribution is -2.60. The summed E-state index contributed by atoms with van der Waals surface area (Å²) in [5, 5.41) is 30.6. The van der Waals surface area contributed by atoms with E-state index in [0.29, 0.717) is 19.4 Å². The topological polar surface area (TPSA) is 178 Å². The monoisotopic (exact) mass is 814 g/mol. The first-order valence-electron chi connectivity index (χ1n) is 21.0. The molecule has 0 radical (unpaired) electrons. The summed E-state index contributed by atoms with van der Waals surface area (Å²) in [5.41, 5.74) is 0. The van der Waals surface area contributed by atoms with Gasteiger partial charge in [0.15, 0.2) is 6.29 Å². The number of carbonyl (C=O) groups excluding carboxylic acids is 1. The summed E-state index contributed by atoms with van der Waals surface area (Å²) in [4.78, 5) is 12.8. The van der Waals surface area contributed by atoms with Gasteiger partial charge in [-0.15, -0.1) is 0 Å². The number of ether oxygens (including phenoxy) is 4. The fourth-order valence-electron chi connectivity index (χ4n) is 6.00. The molecule has 324 valence electrons. The zero-order valence-corrected chi connectivity index (χ0v) is 35.0. The number of aliphatic hydroxyl groups excluding tert-OH is 3. The largest absolute Gasteiger partial charge is 0.457 e. The Hall–Kier alpha value is -2.20. The maximum Gasteiger partial charge on any atom is 0.397 e. The van der Waals surface area contributed by atoms with Crippen molar-refractivity contribution in [2.75, 3.05) is 26.4 Å². The lowest BCUT2D eigenvalue weighted by molar-refractivity contribution is -0.301. The second kappa shape index (κ2) is 34.8. The lowest BCUT2D eigenvalue weighted by Gasteiger charge is -2.41. The molecule has 6 unspecified atom stereocenters. The quantitative estimate of drug-likeness (QED) is 0.0209. The zero-order chi connectivity index (χ0) is 41.1. The fourth-order valence-corrected chi connectivity index (χ4v) is 6.51. The summed E-state index contributed by atoms with van der Waals surface area (Å²) in [6.45, 7) is 3.78. The molecule has 1 saturated heterocycles. The van der Waals surface area contributed by atoms with E-state index >= 15 is 0 Å². The standard InChI is InChI=1S/C43H74O12S/c1-3-5-7-9-11-13-15-17-18-19-20-21-22-24-26-28-30-32-39(45)53-37(35-51-33-31-29-27-25-23-16-14-12-10-8-6-4-2)36-52-43-41(47)42(55-56(48,49)50)40(46)38(34-44)54-43/h5,7,11,13,17-18,20-21,24,26,37-38,40-44,46-47H,3-4,6,8-10,12,14-16,19,22-23,25,27-36H2,1-2H3,(H,48,49,50)/b7-5-,13-11-,18-17-,21-20-,26-24-. The van der Waals surface area contributed by atoms with Crippen LogP contribution in [0.15, 0.2) is 60.8 Å². The molecule has 6 atom stereocenters. The van der Waals surface area contributed by atoms with Gasteiger partial charge in [0, 0.05) is 13.0 Å². The molecule has 0 aromatic heterocycles. The number of allylic oxidation sites excluding steroid dienone is 10. The number of hydrogen-bond acceptors (Lipinski definition) is 11. The summed E-state index contributed by atoms with van der Waals surface area (Å²) in [6, 6.07) is 0. The summed E-state index contributed by atoms with van der Waals surface area (Å²) < 4.78 is 58.8. The van der Waals surface area contributed by atoms with Gasteiger partial charge in [-0.25, -0.2) is 4.18 Å². The summed E-state index contributed by atoms with van der Waals surface area (Å²) in [6.07, 6.45) is 32.6. The molecule has 1 aliphatic rings. The zero-order valence-electron chi connectivity index (χ0n) is 34.2. The van der Waals surface area contributed by atoms with Crippen LogP contribution in [-0.2, 0) is 38.3 Å². The Kier molecular flexibility index (Phi) is 32.2. The molecule has 0 bridgehead atoms. The van der Waals surface area contributed by atoms with E-state index in [1.807, 2.05) is 6.08 Å². The van der Waals surface area contributed by atoms with Gasteiger partial charge >= 0.3 is 16.4 Å². The molecule has 0 aromatic carbocycles. The molecule has 0 saturated carbocycles. The minimum Gasteiger partial charge on any atom is -0.457 e. The van der Waals surface area contributed by atoms with Crippen molar-refractivity contribution in [1.29, 1.82) is 0 Å². The highest BCUT2D eigenvalue weighted by atomic mass is 32.3. The van der Waals surface area contributed by atoms with E-state index in [9.17, 15) is 28.5 Å². The molecule has 1 fully saturated rings. The van der Waals surface area contributed by atoms with Crippen LogP contribution < -0.4 is 0 Å². The number of aliphatic hydroxyl groups is 3. The summed E-state index contributed by atoms with van der Waals surface area (Å²) in [5.74, 6) is -0.457. The number of carbonyl (C=O) groups is 1. The first-order chi connectivity index (χ1) is 27.1. The number of esters is 1. The van der Waals surface area contributed by atoms with Gasteiger partial charge in [0.05, 0.1) is 19.8 Å². The van der Waals surface area contributed by atoms with Crippen molar-refractivity contribution < 1.29 is 56.2 Å². The summed E-state index contributed by atoms with van der Waals surface area (Å²) in [7, 11) is -5.07. The van der Waals surface area contributed by atoms with Gasteiger partial charge in [0.1, 0.15) is 30.5 Å². The minimum atomic E-state index is -5.07. The van der Waals surface area contributed by atoms with Gasteiger partial charge in [-0.1, -0.05) is 145 Å². The van der Waals surface area contributed by atoms with E-state index in [0.717, 1.165) is 51.4 Å². The number of unbranched alkanes of at least 4 members (excludes halogenated alkanes) is 12. The molecular weight excluding hydrogens is 741 g/mol. The third-order valence-corrected chi connectivity index (χ3v) is 9.62. The smallest absolute Gasteiger partial charge is 0.397 e. The van der Waals surface area contributed by atoms with Crippen molar-refractivity contribution in [3.63, 3.8) is 0 Å². The highest BCUT2D eigenvalue weighted by molar-refractivity contribution is 7.80. The molecule has 1 rings (SSSR count). The van der Waals surface area contributed by atoms with Crippen LogP contribution in [-0.4, -0.2) is 97.5 Å². The molecule has 0 amide bonds. The average molecular weight is 815 g/mol. The molecule has 0 aliphatic carbocycles. The van der Waals surface area contributed by atoms with Crippen LogP contribution in [0.4, 0.5) is 0 Å². The third-order valence-electron chi connectivity index (χ3n) is 9.15. The van der Waals surface area contributed by atoms with E-state index < -0.39 is 59.8 Å². The highest BCUT2D eigenvalue weighted by Crippen LogP contribution is 2.26. The first kappa shape index (κ1) is 51.8. The van der Waals surface area contributed by atoms with E-state index in [-0.39, 0.29) is 19.6 Å². The van der Waals surface area contributed by atoms with E-state index in [1.165, 1.54) is 57.8 Å². The van der Waals surface area contributed by atoms with Crippen LogP contribution in [0.1, 0.15) is 142 Å². The normalized spacial score (nSPS) is 21.4. The predicted molar refractivity (Wildman–Crippen MR) is 220 cm³/mol. The molecular formula is C43H74O12S. The van der Waals surface area contributed by atoms with Gasteiger partial charge in [-0.3, -0.25) is 9.35 Å². The van der Waals surface area contributed by atoms with Gasteiger partial charge in [0.2, 0.25) is 0 Å². The van der Waals surface area contributed by atoms with Crippen molar-refractivity contribution in [3.8, 4) is 0 Å². The first-order valence-corrected chi connectivity index (χ1v) is 22.4. The van der Waals surface area contributed by atoms with Crippen LogP contribution in [0, 0.1) is 0 Å². The predicted octanol–water partition coefficient (Wildman–Crippen LogP) is 8.18. The molecule has 56 heavy (non-hydrogen) atoms. The Morgan fingerprint density at radius 2 is 1.21 bits per heavy atom. The molecule has 13 heteroatoms. The third kappa shape index (κ3) is 28.2. The molecule has 0 aromatic rings. The molecule has 0 spiro atoms. The molecule has 4 N–H and O–H groups in total. The Balaban J connectivity index is 2.52. The maximum atomic E-state index is 12.8. The van der Waals surface area contributed by atoms with Crippen molar-refractivity contribution in [2.24, 2.45) is 0 Å². The van der Waals surface area contributed by atoms with Crippen LogP contribution in [0.3, 0.4) is 0 Å². The van der Waals surface area contributed by atoms with Crippen molar-refractivity contribution in [3.05, 3.63) is 60.8 Å². The van der Waals surface area contributed by atoms with Crippen LogP contribution in [0.2, 0.25) is 0 Å². The summed E-state index contributed by atoms with van der Waals surface area (Å²) >= 11 is 0. The van der Waals surface area contributed by atoms with E-state index in [4.69, 9.17) is 23.5 Å². The number of hydrogen-bond donors (Lipinski definition) is 4. The second-order valence-electron chi connectivity index (χ2n) is 14.2. The van der Waals surface area contributed by atoms with Crippen LogP contribution in [0.5, 0.6) is 0 Å². The number of rotatable bonds is 35. The van der Waals surface area contributed by atoms with Crippen LogP contribution >= 0.6 is 0 Å². The van der Waals surface area contributed by atoms with Crippen molar-refractivity contribution in [1.82, 2.24) is 0 Å². The van der Waals surface area contributed by atoms with Gasteiger partial charge < -0.3 is 34.3 Å². The van der Waals surface area contributed by atoms with Crippen LogP contribution in [0.25, 0.3) is 0 Å². The van der Waals surface area contributed by atoms with Gasteiger partial charge in [-0.05, 0) is 51.4 Å². The highest BCUT2D eigenvalue weighted by Gasteiger charge is 2.48. The average Bonchev–Trinajstić information content (AvgIpc) is 3.17. The Morgan fingerprint density at radius 3 is 1.73 bits per heavy atom. The molecule has 1 heterocycles. The van der Waals surface area contributed by atoms with Gasteiger partial charge in [0.25, 0.3) is 0 Å². The fraction of sp³-hybridized carbons (Fsp3) is 0.744. The van der Waals surface area contributed by atoms with Crippen molar-refractivity contribution >= 4 is 16.4 Å². The lowest BCUT2D eigenvalue weighted by atomic mass is 9.99. The minimum absolute atomic E-state index is 0.0123. The second-order valence-corrected chi connectivity index (χ2v) is 15.3. The Morgan fingerprint density at radius 1 is 0.696 bits per heavy atom. The van der Waals surface area contributed by atoms with Gasteiger partial charge in [-0.2, -0.15) is 8.42 Å². The van der Waals surface area contributed by atoms with E-state index in [2.05, 4.69) is 72.7 Å². The van der Waals surface area contributed by atoms with Crippen molar-refractivity contribution in [2.45, 2.75) is 179 Å².